The topological polar surface area (TPSA) is 95.9 Å². The predicted molar refractivity (Wildman–Crippen MR) is 126 cm³/mol. The molecule has 0 saturated heterocycles. The maximum atomic E-state index is 14.6. The summed E-state index contributed by atoms with van der Waals surface area (Å²) in [5, 5.41) is 11.4. The van der Waals surface area contributed by atoms with Crippen molar-refractivity contribution in [3.63, 3.8) is 0 Å². The lowest BCUT2D eigenvalue weighted by Crippen LogP contribution is -2.54. The highest BCUT2D eigenvalue weighted by atomic mass is 19.3. The molecule has 1 aliphatic rings. The van der Waals surface area contributed by atoms with E-state index in [1.54, 1.807) is 20.8 Å². The summed E-state index contributed by atoms with van der Waals surface area (Å²) in [7, 11) is 1.02. The molecule has 1 unspecified atom stereocenters. The number of likely N-dealkylation sites (N-methyl/N-ethyl adjacent to an activating group) is 1. The summed E-state index contributed by atoms with van der Waals surface area (Å²) in [5.41, 5.74) is 3.50. The van der Waals surface area contributed by atoms with Gasteiger partial charge in [0.1, 0.15) is 12.6 Å². The molecule has 0 radical (unpaired) electrons. The van der Waals surface area contributed by atoms with Crippen LogP contribution < -0.4 is 5.32 Å². The first kappa shape index (κ1) is 26.1. The Morgan fingerprint density at radius 3 is 2.03 bits per heavy atom. The zero-order valence-electron chi connectivity index (χ0n) is 20.2. The molecular formula is C26H30F2N2O5. The Hall–Kier alpha value is -3.49. The minimum Gasteiger partial charge on any atom is -0.480 e. The third-order valence-electron chi connectivity index (χ3n) is 5.99. The second kappa shape index (κ2) is 10.0. The molecule has 0 aliphatic heterocycles. The van der Waals surface area contributed by atoms with Crippen LogP contribution in [0, 0.1) is 5.41 Å². The lowest BCUT2D eigenvalue weighted by Gasteiger charge is -2.32. The number of aliphatic carboxylic acids is 1. The molecule has 2 aromatic carbocycles. The summed E-state index contributed by atoms with van der Waals surface area (Å²) in [5.74, 6) is -7.31. The smallest absolute Gasteiger partial charge is 0.407 e. The van der Waals surface area contributed by atoms with Crippen molar-refractivity contribution in [2.24, 2.45) is 5.41 Å². The highest BCUT2D eigenvalue weighted by Gasteiger charge is 2.45. The Bertz CT molecular complexity index is 1070. The van der Waals surface area contributed by atoms with Crippen LogP contribution in [0.25, 0.3) is 11.1 Å². The van der Waals surface area contributed by atoms with Gasteiger partial charge in [0.25, 0.3) is 5.91 Å². The van der Waals surface area contributed by atoms with Gasteiger partial charge < -0.3 is 20.1 Å². The summed E-state index contributed by atoms with van der Waals surface area (Å²) in [6, 6.07) is 14.0. The Morgan fingerprint density at radius 2 is 1.54 bits per heavy atom. The fourth-order valence-electron chi connectivity index (χ4n) is 4.28. The number of carbonyl (C=O) groups is 3. The Morgan fingerprint density at radius 1 is 1.03 bits per heavy atom. The monoisotopic (exact) mass is 488 g/mol. The van der Waals surface area contributed by atoms with Crippen molar-refractivity contribution in [3.05, 3.63) is 59.7 Å². The number of carboxylic acid groups (broad SMARTS) is 1. The van der Waals surface area contributed by atoms with Crippen LogP contribution in [0.1, 0.15) is 44.2 Å². The Labute approximate surface area is 203 Å². The first-order valence-corrected chi connectivity index (χ1v) is 11.3. The van der Waals surface area contributed by atoms with Gasteiger partial charge in [-0.3, -0.25) is 4.79 Å². The molecule has 0 spiro atoms. The Balaban J connectivity index is 1.60. The van der Waals surface area contributed by atoms with Crippen molar-refractivity contribution in [3.8, 4) is 11.1 Å². The summed E-state index contributed by atoms with van der Waals surface area (Å²) in [6.07, 6.45) is -1.10. The molecule has 2 aromatic rings. The van der Waals surface area contributed by atoms with Crippen LogP contribution in [-0.4, -0.2) is 60.1 Å². The number of nitrogens with one attached hydrogen (secondary N) is 1. The molecule has 188 valence electrons. The number of nitrogens with zero attached hydrogens (tertiary/aromatic N) is 1. The van der Waals surface area contributed by atoms with Crippen molar-refractivity contribution in [2.45, 2.75) is 45.1 Å². The number of rotatable bonds is 8. The van der Waals surface area contributed by atoms with Gasteiger partial charge in [-0.05, 0) is 34.1 Å². The number of carboxylic acids is 1. The number of alkyl carbamates (subject to hydrolysis) is 1. The zero-order chi connectivity index (χ0) is 26.0. The molecule has 1 aliphatic carbocycles. The fraction of sp³-hybridized carbons (Fsp3) is 0.423. The molecule has 2 N–H and O–H groups in total. The predicted octanol–water partition coefficient (Wildman–Crippen LogP) is 4.51. The normalized spacial score (nSPS) is 14.0. The number of hydrogen-bond donors (Lipinski definition) is 2. The number of hydrogen-bond acceptors (Lipinski definition) is 4. The van der Waals surface area contributed by atoms with Crippen molar-refractivity contribution in [1.82, 2.24) is 10.2 Å². The van der Waals surface area contributed by atoms with Crippen molar-refractivity contribution < 1.29 is 33.0 Å². The molecule has 35 heavy (non-hydrogen) atoms. The second-order valence-electron chi connectivity index (χ2n) is 9.92. The third-order valence-corrected chi connectivity index (χ3v) is 5.99. The van der Waals surface area contributed by atoms with Gasteiger partial charge in [-0.1, -0.05) is 69.3 Å². The first-order chi connectivity index (χ1) is 16.3. The van der Waals surface area contributed by atoms with Gasteiger partial charge in [-0.2, -0.15) is 8.78 Å². The van der Waals surface area contributed by atoms with Gasteiger partial charge in [-0.25, -0.2) is 9.59 Å². The average Bonchev–Trinajstić information content (AvgIpc) is 3.12. The fourth-order valence-corrected chi connectivity index (χ4v) is 4.28. The SMILES string of the molecule is CN(C(=O)C(F)(F)CNC(=O)OCC1c2ccccc2-c2ccccc21)C(CC(C)(C)C)C(=O)O. The summed E-state index contributed by atoms with van der Waals surface area (Å²) in [4.78, 5) is 36.7. The molecule has 0 aromatic heterocycles. The van der Waals surface area contributed by atoms with E-state index in [1.165, 1.54) is 0 Å². The van der Waals surface area contributed by atoms with Gasteiger partial charge in [0, 0.05) is 13.0 Å². The number of halogens is 2. The number of benzene rings is 2. The van der Waals surface area contributed by atoms with Crippen molar-refractivity contribution >= 4 is 18.0 Å². The minimum absolute atomic E-state index is 0.0134. The van der Waals surface area contributed by atoms with Gasteiger partial charge in [0.05, 0.1) is 6.54 Å². The van der Waals surface area contributed by atoms with Crippen LogP contribution in [-0.2, 0) is 14.3 Å². The lowest BCUT2D eigenvalue weighted by molar-refractivity contribution is -0.164. The van der Waals surface area contributed by atoms with Gasteiger partial charge in [-0.15, -0.1) is 0 Å². The number of ether oxygens (including phenoxy) is 1. The standard InChI is InChI=1S/C26H30F2N2O5/c1-25(2,3)13-21(22(31)32)30(4)23(33)26(27,28)15-29-24(34)35-14-20-18-11-7-5-9-16(18)17-10-6-8-12-19(17)20/h5-12,20-21H,13-15H2,1-4H3,(H,29,34)(H,31,32). The molecule has 0 heterocycles. The van der Waals surface area contributed by atoms with Crippen LogP contribution in [0.5, 0.6) is 0 Å². The molecule has 2 amide bonds. The van der Waals surface area contributed by atoms with E-state index < -0.39 is 41.9 Å². The molecule has 3 rings (SSSR count). The summed E-state index contributed by atoms with van der Waals surface area (Å²) in [6.45, 7) is 3.87. The van der Waals surface area contributed by atoms with Crippen LogP contribution in [0.3, 0.4) is 0 Å². The highest BCUT2D eigenvalue weighted by molar-refractivity contribution is 5.88. The van der Waals surface area contributed by atoms with Crippen molar-refractivity contribution in [2.75, 3.05) is 20.2 Å². The summed E-state index contributed by atoms with van der Waals surface area (Å²) < 4.78 is 34.4. The highest BCUT2D eigenvalue weighted by Crippen LogP contribution is 2.44. The van der Waals surface area contributed by atoms with E-state index in [-0.39, 0.29) is 18.9 Å². The number of alkyl halides is 2. The molecule has 1 atom stereocenters. The van der Waals surface area contributed by atoms with E-state index in [4.69, 9.17) is 4.74 Å². The maximum absolute atomic E-state index is 14.6. The molecule has 9 heteroatoms. The van der Waals surface area contributed by atoms with E-state index in [0.717, 1.165) is 29.3 Å². The van der Waals surface area contributed by atoms with Gasteiger partial charge >= 0.3 is 18.0 Å². The van der Waals surface area contributed by atoms with Crippen LogP contribution in [0.4, 0.5) is 13.6 Å². The van der Waals surface area contributed by atoms with E-state index in [0.29, 0.717) is 4.90 Å². The van der Waals surface area contributed by atoms with Gasteiger partial charge in [0.15, 0.2) is 0 Å². The van der Waals surface area contributed by atoms with E-state index in [2.05, 4.69) is 0 Å². The summed E-state index contributed by atoms with van der Waals surface area (Å²) >= 11 is 0. The van der Waals surface area contributed by atoms with E-state index in [9.17, 15) is 28.3 Å². The van der Waals surface area contributed by atoms with E-state index in [1.807, 2.05) is 53.8 Å². The number of amides is 2. The number of fused-ring (bicyclic) bond motifs is 3. The quantitative estimate of drug-likeness (QED) is 0.570. The minimum atomic E-state index is -4.01. The van der Waals surface area contributed by atoms with Crippen molar-refractivity contribution in [1.29, 1.82) is 0 Å². The van der Waals surface area contributed by atoms with Gasteiger partial charge in [0.2, 0.25) is 0 Å². The third kappa shape index (κ3) is 5.96. The maximum Gasteiger partial charge on any atom is 0.407 e. The molecular weight excluding hydrogens is 458 g/mol. The molecule has 7 nitrogen and oxygen atoms in total. The zero-order valence-corrected chi connectivity index (χ0v) is 20.2. The lowest BCUT2D eigenvalue weighted by atomic mass is 9.87. The molecule has 0 saturated carbocycles. The molecule has 0 fully saturated rings. The first-order valence-electron chi connectivity index (χ1n) is 11.3. The molecule has 0 bridgehead atoms. The second-order valence-corrected chi connectivity index (χ2v) is 9.92. The van der Waals surface area contributed by atoms with Crippen LogP contribution in [0.15, 0.2) is 48.5 Å². The number of carbonyl (C=O) groups excluding carboxylic acids is 2. The Kier molecular flexibility index (Phi) is 7.47. The largest absolute Gasteiger partial charge is 0.480 e. The average molecular weight is 489 g/mol. The van der Waals surface area contributed by atoms with Crippen LogP contribution >= 0.6 is 0 Å². The van der Waals surface area contributed by atoms with Crippen LogP contribution in [0.2, 0.25) is 0 Å². The van der Waals surface area contributed by atoms with E-state index >= 15 is 0 Å².